The highest BCUT2D eigenvalue weighted by atomic mass is 35.5. The molecule has 8 heteroatoms. The van der Waals surface area contributed by atoms with Crippen LogP contribution in [0.1, 0.15) is 35.7 Å². The summed E-state index contributed by atoms with van der Waals surface area (Å²) in [6.45, 7) is 2.32. The van der Waals surface area contributed by atoms with Gasteiger partial charge in [-0.15, -0.1) is 0 Å². The predicted octanol–water partition coefficient (Wildman–Crippen LogP) is 4.55. The van der Waals surface area contributed by atoms with Gasteiger partial charge in [0.25, 0.3) is 5.91 Å². The van der Waals surface area contributed by atoms with Gasteiger partial charge >= 0.3 is 6.16 Å². The zero-order chi connectivity index (χ0) is 20.2. The number of hydrogen-bond acceptors (Lipinski definition) is 4. The fraction of sp³-hybridized carbons (Fsp3) is 0.316. The molecule has 0 radical (unpaired) electrons. The van der Waals surface area contributed by atoms with Crippen molar-refractivity contribution in [3.63, 3.8) is 0 Å². The molecule has 0 aliphatic rings. The molecule has 0 aliphatic carbocycles. The van der Waals surface area contributed by atoms with Gasteiger partial charge in [-0.2, -0.15) is 0 Å². The van der Waals surface area contributed by atoms with Crippen molar-refractivity contribution in [2.24, 2.45) is 0 Å². The van der Waals surface area contributed by atoms with Crippen LogP contribution in [0.25, 0.3) is 0 Å². The number of unbranched alkanes of at least 4 members (excludes halogenated alkanes) is 1. The molecule has 1 amide bonds. The number of methoxy groups -OCH3 is 1. The molecule has 0 spiro atoms. The van der Waals surface area contributed by atoms with E-state index in [0.29, 0.717) is 5.56 Å². The normalized spacial score (nSPS) is 9.89. The summed E-state index contributed by atoms with van der Waals surface area (Å²) in [4.78, 5) is 26.8. The molecular formula is C19H23ClN2O5. The Balaban J connectivity index is 0.000000828. The molecule has 0 unspecified atom stereocenters. The SMILES string of the molecule is CCCCc1ccc(N(COC)C(=O)c2cccnc2Cl)cc1.O=C(O)O. The summed E-state index contributed by atoms with van der Waals surface area (Å²) in [6.07, 6.45) is 3.09. The molecule has 1 aromatic carbocycles. The molecule has 1 aromatic heterocycles. The average molecular weight is 395 g/mol. The second kappa shape index (κ2) is 11.9. The summed E-state index contributed by atoms with van der Waals surface area (Å²) in [7, 11) is 1.56. The van der Waals surface area contributed by atoms with Gasteiger partial charge in [0.1, 0.15) is 11.9 Å². The number of ether oxygens (including phenoxy) is 1. The average Bonchev–Trinajstić information content (AvgIpc) is 2.64. The molecule has 0 bridgehead atoms. The Labute approximate surface area is 163 Å². The molecule has 0 saturated heterocycles. The molecule has 1 heterocycles. The van der Waals surface area contributed by atoms with Crippen LogP contribution in [0.3, 0.4) is 0 Å². The van der Waals surface area contributed by atoms with E-state index in [1.807, 2.05) is 24.3 Å². The Hall–Kier alpha value is -2.64. The molecular weight excluding hydrogens is 372 g/mol. The first kappa shape index (κ1) is 22.4. The van der Waals surface area contributed by atoms with E-state index < -0.39 is 6.16 Å². The Morgan fingerprint density at radius 2 is 1.81 bits per heavy atom. The van der Waals surface area contributed by atoms with Crippen LogP contribution in [0.5, 0.6) is 0 Å². The van der Waals surface area contributed by atoms with Crippen LogP contribution in [0, 0.1) is 0 Å². The highest BCUT2D eigenvalue weighted by molar-refractivity contribution is 6.33. The van der Waals surface area contributed by atoms with Crippen LogP contribution in [-0.4, -0.2) is 41.1 Å². The smallest absolute Gasteiger partial charge is 0.450 e. The monoisotopic (exact) mass is 394 g/mol. The Morgan fingerprint density at radius 3 is 2.33 bits per heavy atom. The maximum absolute atomic E-state index is 12.7. The van der Waals surface area contributed by atoms with Gasteiger partial charge < -0.3 is 14.9 Å². The van der Waals surface area contributed by atoms with Gasteiger partial charge in [-0.25, -0.2) is 9.78 Å². The summed E-state index contributed by atoms with van der Waals surface area (Å²) in [5, 5.41) is 14.1. The number of pyridine rings is 1. The number of hydrogen-bond donors (Lipinski definition) is 2. The van der Waals surface area contributed by atoms with E-state index in [4.69, 9.17) is 31.3 Å². The van der Waals surface area contributed by atoms with Gasteiger partial charge in [0, 0.05) is 19.0 Å². The van der Waals surface area contributed by atoms with Crippen molar-refractivity contribution < 1.29 is 24.5 Å². The summed E-state index contributed by atoms with van der Waals surface area (Å²) in [5.41, 5.74) is 2.40. The molecule has 2 N–H and O–H groups in total. The Morgan fingerprint density at radius 1 is 1.19 bits per heavy atom. The molecule has 0 saturated carbocycles. The summed E-state index contributed by atoms with van der Waals surface area (Å²) in [6, 6.07) is 11.3. The maximum atomic E-state index is 12.7. The fourth-order valence-corrected chi connectivity index (χ4v) is 2.49. The number of nitrogens with zero attached hydrogens (tertiary/aromatic N) is 2. The lowest BCUT2D eigenvalue weighted by Gasteiger charge is -2.22. The summed E-state index contributed by atoms with van der Waals surface area (Å²) < 4.78 is 5.18. The van der Waals surface area contributed by atoms with E-state index in [1.165, 1.54) is 5.56 Å². The van der Waals surface area contributed by atoms with Crippen LogP contribution in [0.15, 0.2) is 42.6 Å². The third-order valence-electron chi connectivity index (χ3n) is 3.56. The molecule has 0 fully saturated rings. The standard InChI is InChI=1S/C18H21ClN2O2.CH2O3/c1-3-4-6-14-8-10-15(11-9-14)21(13-23-2)18(22)16-7-5-12-20-17(16)19;2-1(3)4/h5,7-12H,3-4,6,13H2,1-2H3;(H2,2,3,4). The number of halogens is 1. The molecule has 27 heavy (non-hydrogen) atoms. The number of aromatic nitrogens is 1. The number of anilines is 1. The second-order valence-corrected chi connectivity index (χ2v) is 5.90. The van der Waals surface area contributed by atoms with Crippen molar-refractivity contribution in [1.29, 1.82) is 0 Å². The van der Waals surface area contributed by atoms with Gasteiger partial charge in [0.15, 0.2) is 0 Å². The third kappa shape index (κ3) is 7.64. The topological polar surface area (TPSA) is 100.0 Å². The van der Waals surface area contributed by atoms with Gasteiger partial charge in [-0.1, -0.05) is 37.1 Å². The van der Waals surface area contributed by atoms with Gasteiger partial charge in [-0.05, 0) is 42.7 Å². The van der Waals surface area contributed by atoms with Crippen LogP contribution in [0.4, 0.5) is 10.5 Å². The van der Waals surface area contributed by atoms with E-state index in [2.05, 4.69) is 11.9 Å². The van der Waals surface area contributed by atoms with Crippen LogP contribution in [0.2, 0.25) is 5.15 Å². The first-order valence-electron chi connectivity index (χ1n) is 8.32. The number of amides is 1. The number of carboxylic acid groups (broad SMARTS) is 2. The highest BCUT2D eigenvalue weighted by Crippen LogP contribution is 2.21. The third-order valence-corrected chi connectivity index (χ3v) is 3.86. The first-order chi connectivity index (χ1) is 12.9. The van der Waals surface area contributed by atoms with Crippen molar-refractivity contribution in [3.8, 4) is 0 Å². The van der Waals surface area contributed by atoms with E-state index >= 15 is 0 Å². The molecule has 0 aliphatic heterocycles. The van der Waals surface area contributed by atoms with Crippen molar-refractivity contribution >= 4 is 29.4 Å². The highest BCUT2D eigenvalue weighted by Gasteiger charge is 2.20. The number of carbonyl (C=O) groups is 2. The lowest BCUT2D eigenvalue weighted by Crippen LogP contribution is -2.33. The van der Waals surface area contributed by atoms with Gasteiger partial charge in [-0.3, -0.25) is 9.69 Å². The van der Waals surface area contributed by atoms with E-state index in [9.17, 15) is 4.79 Å². The molecule has 146 valence electrons. The Bertz CT molecular complexity index is 733. The summed E-state index contributed by atoms with van der Waals surface area (Å²) >= 11 is 6.03. The first-order valence-corrected chi connectivity index (χ1v) is 8.70. The van der Waals surface area contributed by atoms with Crippen molar-refractivity contribution in [2.75, 3.05) is 18.7 Å². The lowest BCUT2D eigenvalue weighted by atomic mass is 10.1. The minimum absolute atomic E-state index is 0.151. The predicted molar refractivity (Wildman–Crippen MR) is 104 cm³/mol. The molecule has 0 atom stereocenters. The lowest BCUT2D eigenvalue weighted by molar-refractivity contribution is 0.0936. The Kier molecular flexibility index (Phi) is 9.85. The molecule has 7 nitrogen and oxygen atoms in total. The zero-order valence-electron chi connectivity index (χ0n) is 15.3. The van der Waals surface area contributed by atoms with Crippen LogP contribution in [-0.2, 0) is 11.2 Å². The quantitative estimate of drug-likeness (QED) is 0.527. The largest absolute Gasteiger partial charge is 0.503 e. The van der Waals surface area contributed by atoms with Gasteiger partial charge in [0.05, 0.1) is 5.56 Å². The number of carbonyl (C=O) groups excluding carboxylic acids is 1. The van der Waals surface area contributed by atoms with Gasteiger partial charge in [0.2, 0.25) is 0 Å². The van der Waals surface area contributed by atoms with E-state index in [1.54, 1.807) is 30.3 Å². The van der Waals surface area contributed by atoms with E-state index in [0.717, 1.165) is 24.9 Å². The number of benzene rings is 1. The van der Waals surface area contributed by atoms with Crippen LogP contribution >= 0.6 is 11.6 Å². The van der Waals surface area contributed by atoms with Crippen LogP contribution < -0.4 is 4.90 Å². The van der Waals surface area contributed by atoms with Crippen molar-refractivity contribution in [2.45, 2.75) is 26.2 Å². The second-order valence-electron chi connectivity index (χ2n) is 5.55. The molecule has 2 rings (SSSR count). The minimum atomic E-state index is -1.83. The number of aryl methyl sites for hydroxylation is 1. The van der Waals surface area contributed by atoms with Crippen molar-refractivity contribution in [1.82, 2.24) is 4.98 Å². The molecule has 2 aromatic rings. The minimum Gasteiger partial charge on any atom is -0.450 e. The van der Waals surface area contributed by atoms with Crippen molar-refractivity contribution in [3.05, 3.63) is 58.9 Å². The zero-order valence-corrected chi connectivity index (χ0v) is 16.0. The fourth-order valence-electron chi connectivity index (χ4n) is 2.29. The van der Waals surface area contributed by atoms with E-state index in [-0.39, 0.29) is 17.8 Å². The maximum Gasteiger partial charge on any atom is 0.503 e. The summed E-state index contributed by atoms with van der Waals surface area (Å²) in [5.74, 6) is -0.230. The number of rotatable bonds is 7.